The lowest BCUT2D eigenvalue weighted by atomic mass is 10.1. The van der Waals surface area contributed by atoms with Gasteiger partial charge in [0.1, 0.15) is 6.04 Å². The van der Waals surface area contributed by atoms with Crippen LogP contribution in [-0.4, -0.2) is 15.5 Å². The topological polar surface area (TPSA) is 64.0 Å². The molecule has 0 bridgehead atoms. The summed E-state index contributed by atoms with van der Waals surface area (Å²) in [6.07, 6.45) is -4.32. The molecule has 1 aromatic carbocycles. The number of hydrogen-bond acceptors (Lipinski definition) is 3. The van der Waals surface area contributed by atoms with Crippen LogP contribution >= 0.6 is 11.6 Å². The monoisotopic (exact) mass is 387 g/mol. The minimum Gasteiger partial charge on any atom is -0.323 e. The molecular formula is C17H17ClF3N3O2. The van der Waals surface area contributed by atoms with Gasteiger partial charge in [-0.3, -0.25) is 9.36 Å². The fraction of sp³-hybridized carbons (Fsp3) is 0.353. The molecule has 1 aromatic heterocycles. The summed E-state index contributed by atoms with van der Waals surface area (Å²) in [6.45, 7) is 5.00. The van der Waals surface area contributed by atoms with Gasteiger partial charge in [-0.25, -0.2) is 4.79 Å². The smallest absolute Gasteiger partial charge is 0.323 e. The van der Waals surface area contributed by atoms with Gasteiger partial charge >= 0.3 is 11.9 Å². The van der Waals surface area contributed by atoms with Gasteiger partial charge in [-0.1, -0.05) is 18.5 Å². The Morgan fingerprint density at radius 2 is 1.96 bits per heavy atom. The molecule has 2 rings (SSSR count). The van der Waals surface area contributed by atoms with Crippen LogP contribution in [0, 0.1) is 13.8 Å². The molecule has 1 N–H and O–H groups in total. The summed E-state index contributed by atoms with van der Waals surface area (Å²) in [5.41, 5.74) is -0.662. The second-order valence-electron chi connectivity index (χ2n) is 5.80. The Morgan fingerprint density at radius 1 is 1.31 bits per heavy atom. The lowest BCUT2D eigenvalue weighted by Gasteiger charge is -2.20. The van der Waals surface area contributed by atoms with E-state index in [1.807, 2.05) is 0 Å². The first-order valence-electron chi connectivity index (χ1n) is 7.79. The maximum Gasteiger partial charge on any atom is 0.416 e. The molecule has 0 fully saturated rings. The lowest BCUT2D eigenvalue weighted by Crippen LogP contribution is -2.36. The molecule has 9 heteroatoms. The van der Waals surface area contributed by atoms with Gasteiger partial charge in [-0.15, -0.1) is 0 Å². The molecule has 0 radical (unpaired) electrons. The summed E-state index contributed by atoms with van der Waals surface area (Å²) in [5, 5.41) is 2.35. The van der Waals surface area contributed by atoms with Gasteiger partial charge in [0.05, 0.1) is 16.3 Å². The zero-order chi connectivity index (χ0) is 19.6. The van der Waals surface area contributed by atoms with Crippen LogP contribution in [-0.2, 0) is 11.0 Å². The van der Waals surface area contributed by atoms with E-state index in [9.17, 15) is 22.8 Å². The lowest BCUT2D eigenvalue weighted by molar-refractivity contribution is -0.137. The summed E-state index contributed by atoms with van der Waals surface area (Å²) in [4.78, 5) is 28.6. The number of benzene rings is 1. The third-order valence-electron chi connectivity index (χ3n) is 3.83. The summed E-state index contributed by atoms with van der Waals surface area (Å²) in [7, 11) is 0. The molecule has 0 aliphatic carbocycles. The highest BCUT2D eigenvalue weighted by molar-refractivity contribution is 6.33. The molecular weight excluding hydrogens is 371 g/mol. The highest BCUT2D eigenvalue weighted by Gasteiger charge is 2.31. The van der Waals surface area contributed by atoms with Crippen molar-refractivity contribution in [1.82, 2.24) is 9.55 Å². The first-order valence-corrected chi connectivity index (χ1v) is 8.16. The van der Waals surface area contributed by atoms with Gasteiger partial charge in [0.2, 0.25) is 5.91 Å². The quantitative estimate of drug-likeness (QED) is 0.858. The molecule has 0 saturated heterocycles. The van der Waals surface area contributed by atoms with Crippen LogP contribution in [0.5, 0.6) is 0 Å². The first kappa shape index (κ1) is 20.0. The van der Waals surface area contributed by atoms with Gasteiger partial charge < -0.3 is 5.32 Å². The Morgan fingerprint density at radius 3 is 2.50 bits per heavy atom. The van der Waals surface area contributed by atoms with Crippen molar-refractivity contribution in [2.45, 2.75) is 39.4 Å². The largest absolute Gasteiger partial charge is 0.416 e. The number of halogens is 4. The number of nitrogens with zero attached hydrogens (tertiary/aromatic N) is 2. The highest BCUT2D eigenvalue weighted by atomic mass is 35.5. The van der Waals surface area contributed by atoms with Gasteiger partial charge in [-0.2, -0.15) is 18.2 Å². The van der Waals surface area contributed by atoms with Gasteiger partial charge in [0.15, 0.2) is 0 Å². The van der Waals surface area contributed by atoms with Crippen molar-refractivity contribution in [2.75, 3.05) is 5.32 Å². The average Bonchev–Trinajstić information content (AvgIpc) is 2.51. The number of amides is 1. The third-order valence-corrected chi connectivity index (χ3v) is 4.16. The number of aryl methyl sites for hydroxylation is 2. The van der Waals surface area contributed by atoms with E-state index in [0.29, 0.717) is 11.4 Å². The van der Waals surface area contributed by atoms with Crippen molar-refractivity contribution < 1.29 is 18.0 Å². The number of anilines is 1. The fourth-order valence-corrected chi connectivity index (χ4v) is 2.80. The number of hydrogen-bond donors (Lipinski definition) is 1. The summed E-state index contributed by atoms with van der Waals surface area (Å²) < 4.78 is 39.8. The van der Waals surface area contributed by atoms with E-state index in [2.05, 4.69) is 10.3 Å². The Hall–Kier alpha value is -2.35. The maximum absolute atomic E-state index is 12.9. The van der Waals surface area contributed by atoms with E-state index in [1.54, 1.807) is 26.8 Å². The minimum absolute atomic E-state index is 0.0349. The van der Waals surface area contributed by atoms with Crippen LogP contribution in [0.1, 0.15) is 36.3 Å². The highest BCUT2D eigenvalue weighted by Crippen LogP contribution is 2.34. The van der Waals surface area contributed by atoms with Crippen LogP contribution in [0.15, 0.2) is 29.1 Å². The molecule has 26 heavy (non-hydrogen) atoms. The molecule has 0 spiro atoms. The number of carbonyl (C=O) groups is 1. The predicted octanol–water partition coefficient (Wildman–Crippen LogP) is 4.12. The molecule has 2 aromatic rings. The number of aromatic nitrogens is 2. The van der Waals surface area contributed by atoms with E-state index < -0.39 is 29.4 Å². The van der Waals surface area contributed by atoms with Gasteiger partial charge in [0, 0.05) is 11.4 Å². The van der Waals surface area contributed by atoms with E-state index in [0.717, 1.165) is 18.2 Å². The van der Waals surface area contributed by atoms with Crippen LogP contribution < -0.4 is 11.0 Å². The molecule has 0 aliphatic rings. The first-order chi connectivity index (χ1) is 12.0. The summed E-state index contributed by atoms with van der Waals surface area (Å²) >= 11 is 5.90. The van der Waals surface area contributed by atoms with Crippen molar-refractivity contribution in [3.05, 3.63) is 56.7 Å². The Kier molecular flexibility index (Phi) is 5.75. The second kappa shape index (κ2) is 7.49. The second-order valence-corrected chi connectivity index (χ2v) is 6.20. The standard InChI is InChI=1S/C17H17ClF3N3O2/c1-4-14(24-10(3)7-9(2)22-16(24)26)15(25)23-13-8-11(17(19,20)21)5-6-12(13)18/h5-8,14H,4H2,1-3H3,(H,23,25)/t14-/m1/s1. The van der Waals surface area contributed by atoms with Crippen LogP contribution in [0.2, 0.25) is 5.02 Å². The molecule has 0 saturated carbocycles. The molecule has 140 valence electrons. The van der Waals surface area contributed by atoms with Crippen molar-refractivity contribution in [3.63, 3.8) is 0 Å². The average molecular weight is 388 g/mol. The Balaban J connectivity index is 2.39. The molecule has 1 amide bonds. The van der Waals surface area contributed by atoms with Crippen molar-refractivity contribution >= 4 is 23.2 Å². The van der Waals surface area contributed by atoms with E-state index in [4.69, 9.17) is 11.6 Å². The molecule has 0 unspecified atom stereocenters. The number of alkyl halides is 3. The Bertz CT molecular complexity index is 894. The molecule has 1 heterocycles. The SMILES string of the molecule is CC[C@H](C(=O)Nc1cc(C(F)(F)F)ccc1Cl)n1c(C)cc(C)nc1=O. The van der Waals surface area contributed by atoms with Crippen molar-refractivity contribution in [3.8, 4) is 0 Å². The van der Waals surface area contributed by atoms with E-state index >= 15 is 0 Å². The molecule has 1 atom stereocenters. The van der Waals surface area contributed by atoms with Crippen LogP contribution in [0.25, 0.3) is 0 Å². The van der Waals surface area contributed by atoms with E-state index in [1.165, 1.54) is 4.57 Å². The zero-order valence-corrected chi connectivity index (χ0v) is 15.1. The van der Waals surface area contributed by atoms with E-state index in [-0.39, 0.29) is 17.1 Å². The van der Waals surface area contributed by atoms with Crippen LogP contribution in [0.4, 0.5) is 18.9 Å². The Labute approximate surface area is 152 Å². The third kappa shape index (κ3) is 4.24. The van der Waals surface area contributed by atoms with Gasteiger partial charge in [0.25, 0.3) is 0 Å². The zero-order valence-electron chi connectivity index (χ0n) is 14.3. The fourth-order valence-electron chi connectivity index (χ4n) is 2.64. The van der Waals surface area contributed by atoms with Gasteiger partial charge in [-0.05, 0) is 44.5 Å². The molecule has 5 nitrogen and oxygen atoms in total. The minimum atomic E-state index is -4.57. The normalized spacial score (nSPS) is 12.7. The summed E-state index contributed by atoms with van der Waals surface area (Å²) in [6, 6.07) is 3.37. The number of nitrogens with one attached hydrogen (secondary N) is 1. The van der Waals surface area contributed by atoms with Crippen molar-refractivity contribution in [1.29, 1.82) is 0 Å². The van der Waals surface area contributed by atoms with Crippen LogP contribution in [0.3, 0.4) is 0 Å². The molecule has 0 aliphatic heterocycles. The number of rotatable bonds is 4. The van der Waals surface area contributed by atoms with Crippen molar-refractivity contribution in [2.24, 2.45) is 0 Å². The maximum atomic E-state index is 12.9. The number of carbonyl (C=O) groups excluding carboxylic acids is 1. The summed E-state index contributed by atoms with van der Waals surface area (Å²) in [5.74, 6) is -0.649. The predicted molar refractivity (Wildman–Crippen MR) is 92.4 cm³/mol.